The molecule has 0 bridgehead atoms. The lowest BCUT2D eigenvalue weighted by Crippen LogP contribution is -2.10. The van der Waals surface area contributed by atoms with Gasteiger partial charge in [-0.25, -0.2) is 0 Å². The molecule has 2 aromatic carbocycles. The molecule has 3 aromatic rings. The second-order valence-electron chi connectivity index (χ2n) is 6.36. The van der Waals surface area contributed by atoms with Gasteiger partial charge in [0.05, 0.1) is 0 Å². The summed E-state index contributed by atoms with van der Waals surface area (Å²) in [5.74, 6) is 0. The maximum absolute atomic E-state index is 2.27. The van der Waals surface area contributed by atoms with E-state index in [1.54, 1.807) is 0 Å². The highest BCUT2D eigenvalue weighted by Gasteiger charge is 2.15. The Bertz CT molecular complexity index is 740. The maximum Gasteiger partial charge on any atom is 0.0352 e. The second-order valence-corrected chi connectivity index (χ2v) is 7.61. The fraction of sp³-hybridized carbons (Fsp3) is 0.263. The zero-order chi connectivity index (χ0) is 14.3. The summed E-state index contributed by atoms with van der Waals surface area (Å²) >= 11 is 1.88. The Morgan fingerprint density at radius 1 is 0.850 bits per heavy atom. The van der Waals surface area contributed by atoms with Crippen LogP contribution in [0.4, 0.5) is 0 Å². The van der Waals surface area contributed by atoms with E-state index in [0.29, 0.717) is 0 Å². The number of fused-ring (bicyclic) bond motifs is 1. The van der Waals surface area contributed by atoms with Gasteiger partial charge in [-0.1, -0.05) is 63.2 Å². The van der Waals surface area contributed by atoms with Crippen LogP contribution in [0.25, 0.3) is 21.2 Å². The van der Waals surface area contributed by atoms with Crippen molar-refractivity contribution in [3.8, 4) is 11.1 Å². The van der Waals surface area contributed by atoms with Gasteiger partial charge in [-0.05, 0) is 29.5 Å². The smallest absolute Gasteiger partial charge is 0.0352 e. The van der Waals surface area contributed by atoms with E-state index in [-0.39, 0.29) is 5.41 Å². The lowest BCUT2D eigenvalue weighted by atomic mass is 9.86. The van der Waals surface area contributed by atoms with Crippen molar-refractivity contribution in [3.05, 3.63) is 59.0 Å². The summed E-state index contributed by atoms with van der Waals surface area (Å²) in [7, 11) is 0. The number of thiophene rings is 1. The standard InChI is InChI=1S/C19H20S/c1-13-18(16-7-5-6-8-17(16)20-13)14-9-11-15(12-10-14)19(2,3)4/h5-12H,1-4H3. The molecule has 0 saturated carbocycles. The minimum absolute atomic E-state index is 0.213. The fourth-order valence-corrected chi connectivity index (χ4v) is 3.75. The van der Waals surface area contributed by atoms with Gasteiger partial charge in [0, 0.05) is 20.5 Å². The molecule has 0 unspecified atom stereocenters. The van der Waals surface area contributed by atoms with Crippen molar-refractivity contribution in [1.29, 1.82) is 0 Å². The number of hydrogen-bond acceptors (Lipinski definition) is 1. The molecule has 1 heterocycles. The van der Waals surface area contributed by atoms with Gasteiger partial charge in [0.1, 0.15) is 0 Å². The zero-order valence-electron chi connectivity index (χ0n) is 12.5. The summed E-state index contributed by atoms with van der Waals surface area (Å²) in [5.41, 5.74) is 4.32. The first-order valence-corrected chi connectivity index (χ1v) is 7.87. The van der Waals surface area contributed by atoms with E-state index in [2.05, 4.69) is 76.2 Å². The van der Waals surface area contributed by atoms with Gasteiger partial charge >= 0.3 is 0 Å². The predicted molar refractivity (Wildman–Crippen MR) is 90.7 cm³/mol. The molecule has 1 aromatic heterocycles. The van der Waals surface area contributed by atoms with Crippen LogP contribution in [-0.4, -0.2) is 0 Å². The van der Waals surface area contributed by atoms with E-state index in [1.807, 2.05) is 11.3 Å². The lowest BCUT2D eigenvalue weighted by molar-refractivity contribution is 0.590. The predicted octanol–water partition coefficient (Wildman–Crippen LogP) is 6.17. The first-order chi connectivity index (χ1) is 9.47. The van der Waals surface area contributed by atoms with Crippen molar-refractivity contribution >= 4 is 21.4 Å². The molecule has 3 rings (SSSR count). The van der Waals surface area contributed by atoms with Crippen molar-refractivity contribution < 1.29 is 0 Å². The third kappa shape index (κ3) is 2.27. The van der Waals surface area contributed by atoms with Gasteiger partial charge < -0.3 is 0 Å². The minimum Gasteiger partial charge on any atom is -0.140 e. The molecule has 102 valence electrons. The Hall–Kier alpha value is -1.60. The fourth-order valence-electron chi connectivity index (χ4n) is 2.66. The molecule has 0 amide bonds. The molecule has 0 saturated heterocycles. The number of aryl methyl sites for hydroxylation is 1. The van der Waals surface area contributed by atoms with Gasteiger partial charge in [-0.3, -0.25) is 0 Å². The Morgan fingerprint density at radius 3 is 2.15 bits per heavy atom. The highest BCUT2D eigenvalue weighted by Crippen LogP contribution is 2.38. The number of hydrogen-bond donors (Lipinski definition) is 0. The van der Waals surface area contributed by atoms with Crippen molar-refractivity contribution in [2.75, 3.05) is 0 Å². The molecular formula is C19H20S. The molecule has 0 N–H and O–H groups in total. The van der Waals surface area contributed by atoms with Crippen LogP contribution in [0.15, 0.2) is 48.5 Å². The van der Waals surface area contributed by atoms with E-state index < -0.39 is 0 Å². The topological polar surface area (TPSA) is 0 Å². The molecule has 0 nitrogen and oxygen atoms in total. The molecule has 0 aliphatic carbocycles. The maximum atomic E-state index is 2.27. The Kier molecular flexibility index (Phi) is 3.18. The van der Waals surface area contributed by atoms with Crippen LogP contribution >= 0.6 is 11.3 Å². The lowest BCUT2D eigenvalue weighted by Gasteiger charge is -2.19. The second kappa shape index (κ2) is 4.75. The third-order valence-electron chi connectivity index (χ3n) is 3.81. The molecule has 0 radical (unpaired) electrons. The van der Waals surface area contributed by atoms with Crippen LogP contribution in [0.1, 0.15) is 31.2 Å². The summed E-state index contributed by atoms with van der Waals surface area (Å²) in [6, 6.07) is 17.7. The Labute approximate surface area is 125 Å². The first-order valence-electron chi connectivity index (χ1n) is 7.06. The average molecular weight is 280 g/mol. The normalized spacial score (nSPS) is 12.0. The highest BCUT2D eigenvalue weighted by molar-refractivity contribution is 7.19. The molecule has 0 atom stereocenters. The summed E-state index contributed by atoms with van der Waals surface area (Å²) in [5, 5.41) is 1.37. The van der Waals surface area contributed by atoms with Crippen molar-refractivity contribution in [3.63, 3.8) is 0 Å². The molecule has 0 spiro atoms. The largest absolute Gasteiger partial charge is 0.140 e. The molecule has 0 aliphatic heterocycles. The summed E-state index contributed by atoms with van der Waals surface area (Å²) in [4.78, 5) is 1.40. The molecular weight excluding hydrogens is 260 g/mol. The van der Waals surface area contributed by atoms with Gasteiger partial charge in [-0.15, -0.1) is 11.3 Å². The molecule has 20 heavy (non-hydrogen) atoms. The Balaban J connectivity index is 2.14. The van der Waals surface area contributed by atoms with Crippen LogP contribution in [0, 0.1) is 6.92 Å². The Morgan fingerprint density at radius 2 is 1.50 bits per heavy atom. The average Bonchev–Trinajstić information content (AvgIpc) is 2.73. The van der Waals surface area contributed by atoms with E-state index in [9.17, 15) is 0 Å². The number of benzene rings is 2. The first kappa shape index (κ1) is 13.4. The van der Waals surface area contributed by atoms with Crippen molar-refractivity contribution in [1.82, 2.24) is 0 Å². The van der Waals surface area contributed by atoms with Crippen LogP contribution in [-0.2, 0) is 5.41 Å². The zero-order valence-corrected chi connectivity index (χ0v) is 13.3. The summed E-state index contributed by atoms with van der Waals surface area (Å²) < 4.78 is 1.37. The van der Waals surface area contributed by atoms with E-state index in [4.69, 9.17) is 0 Å². The van der Waals surface area contributed by atoms with Gasteiger partial charge in [0.2, 0.25) is 0 Å². The van der Waals surface area contributed by atoms with Crippen LogP contribution < -0.4 is 0 Å². The van der Waals surface area contributed by atoms with E-state index in [0.717, 1.165) is 0 Å². The van der Waals surface area contributed by atoms with Crippen LogP contribution in [0.2, 0.25) is 0 Å². The quantitative estimate of drug-likeness (QED) is 0.499. The molecule has 0 fully saturated rings. The van der Waals surface area contributed by atoms with E-state index >= 15 is 0 Å². The van der Waals surface area contributed by atoms with Gasteiger partial charge in [0.25, 0.3) is 0 Å². The monoisotopic (exact) mass is 280 g/mol. The van der Waals surface area contributed by atoms with Gasteiger partial charge in [0.15, 0.2) is 0 Å². The minimum atomic E-state index is 0.213. The third-order valence-corrected chi connectivity index (χ3v) is 4.90. The van der Waals surface area contributed by atoms with Crippen LogP contribution in [0.5, 0.6) is 0 Å². The van der Waals surface area contributed by atoms with Crippen molar-refractivity contribution in [2.45, 2.75) is 33.1 Å². The molecule has 0 aliphatic rings. The van der Waals surface area contributed by atoms with E-state index in [1.165, 1.54) is 31.7 Å². The van der Waals surface area contributed by atoms with Crippen LogP contribution in [0.3, 0.4) is 0 Å². The van der Waals surface area contributed by atoms with Crippen molar-refractivity contribution in [2.24, 2.45) is 0 Å². The molecule has 1 heteroatoms. The number of rotatable bonds is 1. The van der Waals surface area contributed by atoms with Gasteiger partial charge in [-0.2, -0.15) is 0 Å². The SMILES string of the molecule is Cc1sc2ccccc2c1-c1ccc(C(C)(C)C)cc1. The highest BCUT2D eigenvalue weighted by atomic mass is 32.1. The summed E-state index contributed by atoms with van der Waals surface area (Å²) in [6.07, 6.45) is 0. The summed E-state index contributed by atoms with van der Waals surface area (Å²) in [6.45, 7) is 8.99.